The highest BCUT2D eigenvalue weighted by Crippen LogP contribution is 2.48. The van der Waals surface area contributed by atoms with Gasteiger partial charge in [0.2, 0.25) is 0 Å². The summed E-state index contributed by atoms with van der Waals surface area (Å²) < 4.78 is 50.2. The molecule has 1 unspecified atom stereocenters. The van der Waals surface area contributed by atoms with Gasteiger partial charge < -0.3 is 9.29 Å². The standard InChI is InChI=1S/C18H23F2N3O4S/c1-16(2,3)28(26)22-17(18(19,20)12-27-10-9-21)8-4-5-13-6-7-14(23(24)25)11-15(13)17/h6-7,11,22H,4-5,8,10,12H2,1-3H3/t17-,28?/m1/s1. The number of hydrogen-bond donors (Lipinski definition) is 1. The number of hydrogen-bond acceptors (Lipinski definition) is 6. The van der Waals surface area contributed by atoms with Gasteiger partial charge in [-0.3, -0.25) is 10.1 Å². The van der Waals surface area contributed by atoms with Crippen molar-refractivity contribution < 1.29 is 23.0 Å². The molecule has 7 nitrogen and oxygen atoms in total. The number of alkyl halides is 2. The molecule has 154 valence electrons. The van der Waals surface area contributed by atoms with Crippen LogP contribution in [0.25, 0.3) is 0 Å². The van der Waals surface area contributed by atoms with Crippen molar-refractivity contribution in [3.05, 3.63) is 39.4 Å². The molecular weight excluding hydrogens is 392 g/mol. The summed E-state index contributed by atoms with van der Waals surface area (Å²) in [6.07, 6.45) is 0.785. The van der Waals surface area contributed by atoms with E-state index in [9.17, 15) is 14.7 Å². The molecule has 10 heteroatoms. The average molecular weight is 415 g/mol. The van der Waals surface area contributed by atoms with Crippen LogP contribution in [0.2, 0.25) is 0 Å². The molecule has 1 aliphatic rings. The number of ether oxygens (including phenoxy) is 1. The summed E-state index contributed by atoms with van der Waals surface area (Å²) >= 11 is -1.87. The number of nitro benzene ring substituents is 1. The normalized spacial score (nSPS) is 20.9. The molecular formula is C18H23F2N3O4S. The third-order valence-electron chi connectivity index (χ3n) is 4.66. The van der Waals surface area contributed by atoms with Crippen molar-refractivity contribution in [2.75, 3.05) is 13.2 Å². The monoisotopic (exact) mass is 415 g/mol. The first-order valence-corrected chi connectivity index (χ1v) is 9.89. The maximum atomic E-state index is 15.4. The van der Waals surface area contributed by atoms with E-state index in [1.165, 1.54) is 12.1 Å². The Kier molecular flexibility index (Phi) is 6.66. The Hall–Kier alpha value is -1.80. The molecule has 1 aromatic rings. The van der Waals surface area contributed by atoms with Crippen LogP contribution in [0.5, 0.6) is 0 Å². The number of nitro groups is 1. The Bertz CT molecular complexity index is 779. The van der Waals surface area contributed by atoms with Gasteiger partial charge in [0.25, 0.3) is 11.6 Å². The number of nitrogens with one attached hydrogen (secondary N) is 1. The fourth-order valence-electron chi connectivity index (χ4n) is 3.19. The molecule has 2 rings (SSSR count). The minimum atomic E-state index is -3.56. The number of fused-ring (bicyclic) bond motifs is 1. The maximum Gasteiger partial charge on any atom is 0.297 e. The zero-order chi connectivity index (χ0) is 21.2. The first kappa shape index (κ1) is 22.5. The second-order valence-electron chi connectivity index (χ2n) is 7.70. The third-order valence-corrected chi connectivity index (χ3v) is 6.31. The van der Waals surface area contributed by atoms with Gasteiger partial charge in [0.1, 0.15) is 18.0 Å². The van der Waals surface area contributed by atoms with Gasteiger partial charge in [0, 0.05) is 23.5 Å². The number of non-ortho nitro benzene ring substituents is 1. The molecule has 0 saturated carbocycles. The summed E-state index contributed by atoms with van der Waals surface area (Å²) in [6.45, 7) is 3.34. The highest BCUT2D eigenvalue weighted by Gasteiger charge is 2.60. The lowest BCUT2D eigenvalue weighted by Crippen LogP contribution is -2.63. The number of nitriles is 1. The summed E-state index contributed by atoms with van der Waals surface area (Å²) in [4.78, 5) is 10.6. The fraction of sp³-hybridized carbons (Fsp3) is 0.611. The van der Waals surface area contributed by atoms with Gasteiger partial charge in [-0.1, -0.05) is 6.07 Å². The smallest absolute Gasteiger partial charge is 0.297 e. The van der Waals surface area contributed by atoms with Crippen molar-refractivity contribution in [1.82, 2.24) is 4.72 Å². The van der Waals surface area contributed by atoms with Crippen LogP contribution in [0.3, 0.4) is 0 Å². The minimum Gasteiger partial charge on any atom is -0.598 e. The van der Waals surface area contributed by atoms with E-state index in [4.69, 9.17) is 10.00 Å². The predicted molar refractivity (Wildman–Crippen MR) is 100 cm³/mol. The Labute approximate surface area is 165 Å². The molecule has 1 N–H and O–H groups in total. The molecule has 1 aromatic carbocycles. The molecule has 0 aromatic heterocycles. The summed E-state index contributed by atoms with van der Waals surface area (Å²) in [7, 11) is 0. The average Bonchev–Trinajstić information content (AvgIpc) is 2.60. The van der Waals surface area contributed by atoms with Crippen LogP contribution < -0.4 is 4.72 Å². The zero-order valence-corrected chi connectivity index (χ0v) is 16.8. The molecule has 0 bridgehead atoms. The fourth-order valence-corrected chi connectivity index (χ4v) is 4.18. The lowest BCUT2D eigenvalue weighted by atomic mass is 9.73. The topological polar surface area (TPSA) is 111 Å². The summed E-state index contributed by atoms with van der Waals surface area (Å²) in [5.74, 6) is -3.56. The lowest BCUT2D eigenvalue weighted by molar-refractivity contribution is -0.385. The van der Waals surface area contributed by atoms with E-state index in [1.54, 1.807) is 26.8 Å². The van der Waals surface area contributed by atoms with E-state index in [1.807, 2.05) is 0 Å². The van der Waals surface area contributed by atoms with E-state index in [0.29, 0.717) is 18.4 Å². The Morgan fingerprint density at radius 1 is 1.43 bits per heavy atom. The first-order chi connectivity index (χ1) is 12.9. The van der Waals surface area contributed by atoms with Gasteiger partial charge in [0.05, 0.1) is 11.0 Å². The number of rotatable bonds is 7. The van der Waals surface area contributed by atoms with Crippen LogP contribution in [0.15, 0.2) is 18.2 Å². The van der Waals surface area contributed by atoms with Crippen LogP contribution in [0, 0.1) is 21.4 Å². The maximum absolute atomic E-state index is 15.4. The van der Waals surface area contributed by atoms with Crippen LogP contribution >= 0.6 is 0 Å². The molecule has 1 aliphatic carbocycles. The Balaban J connectivity index is 2.62. The SMILES string of the molecule is CC(C)(C)[S+]([O-])N[C@]1(C(F)(F)COCC#N)CCCc2ccc([N+](=O)[O-])cc21. The van der Waals surface area contributed by atoms with Gasteiger partial charge in [-0.25, -0.2) is 8.78 Å². The molecule has 0 heterocycles. The van der Waals surface area contributed by atoms with E-state index >= 15 is 8.78 Å². The van der Waals surface area contributed by atoms with Crippen molar-refractivity contribution in [3.63, 3.8) is 0 Å². The Morgan fingerprint density at radius 3 is 2.68 bits per heavy atom. The number of benzene rings is 1. The van der Waals surface area contributed by atoms with E-state index in [0.717, 1.165) is 6.07 Å². The van der Waals surface area contributed by atoms with Gasteiger partial charge >= 0.3 is 0 Å². The predicted octanol–water partition coefficient (Wildman–Crippen LogP) is 3.35. The van der Waals surface area contributed by atoms with Crippen molar-refractivity contribution in [2.45, 2.75) is 56.2 Å². The van der Waals surface area contributed by atoms with Gasteiger partial charge in [-0.15, -0.1) is 4.72 Å². The number of aryl methyl sites for hydroxylation is 1. The van der Waals surface area contributed by atoms with Crippen molar-refractivity contribution >= 4 is 17.0 Å². The highest BCUT2D eigenvalue weighted by molar-refractivity contribution is 7.90. The summed E-state index contributed by atoms with van der Waals surface area (Å²) in [6, 6.07) is 5.51. The van der Waals surface area contributed by atoms with E-state index in [2.05, 4.69) is 4.72 Å². The molecule has 0 aliphatic heterocycles. The Morgan fingerprint density at radius 2 is 2.11 bits per heavy atom. The zero-order valence-electron chi connectivity index (χ0n) is 16.0. The van der Waals surface area contributed by atoms with Crippen LogP contribution in [0.4, 0.5) is 14.5 Å². The van der Waals surface area contributed by atoms with Crippen LogP contribution in [-0.2, 0) is 28.1 Å². The van der Waals surface area contributed by atoms with Crippen LogP contribution in [-0.4, -0.2) is 33.4 Å². The quantitative estimate of drug-likeness (QED) is 0.316. The number of halogens is 2. The molecule has 0 radical (unpaired) electrons. The molecule has 0 spiro atoms. The molecule has 28 heavy (non-hydrogen) atoms. The minimum absolute atomic E-state index is 0.0520. The molecule has 0 saturated heterocycles. The first-order valence-electron chi connectivity index (χ1n) is 8.74. The summed E-state index contributed by atoms with van der Waals surface area (Å²) in [5.41, 5.74) is -1.84. The second-order valence-corrected chi connectivity index (χ2v) is 9.66. The highest BCUT2D eigenvalue weighted by atomic mass is 32.2. The van der Waals surface area contributed by atoms with E-state index < -0.39 is 45.7 Å². The van der Waals surface area contributed by atoms with Gasteiger partial charge in [-0.2, -0.15) is 5.26 Å². The summed E-state index contributed by atoms with van der Waals surface area (Å²) in [5, 5.41) is 19.8. The van der Waals surface area contributed by atoms with Gasteiger partial charge in [0.15, 0.2) is 5.54 Å². The molecule has 0 amide bonds. The largest absolute Gasteiger partial charge is 0.598 e. The third kappa shape index (κ3) is 4.43. The van der Waals surface area contributed by atoms with Crippen LogP contribution in [0.1, 0.15) is 44.7 Å². The van der Waals surface area contributed by atoms with Crippen molar-refractivity contribution in [1.29, 1.82) is 5.26 Å². The van der Waals surface area contributed by atoms with E-state index in [-0.39, 0.29) is 17.7 Å². The molecule has 2 atom stereocenters. The number of nitrogens with zero attached hydrogens (tertiary/aromatic N) is 2. The lowest BCUT2D eigenvalue weighted by Gasteiger charge is -2.45. The second kappa shape index (κ2) is 8.29. The van der Waals surface area contributed by atoms with Gasteiger partial charge in [-0.05, 0) is 51.2 Å². The van der Waals surface area contributed by atoms with Crippen molar-refractivity contribution in [3.8, 4) is 6.07 Å². The molecule has 0 fully saturated rings. The van der Waals surface area contributed by atoms with Crippen molar-refractivity contribution in [2.24, 2.45) is 0 Å².